The van der Waals surface area contributed by atoms with Crippen molar-refractivity contribution in [2.75, 3.05) is 14.1 Å². The largest absolute Gasteiger partial charge is 0.467 e. The maximum absolute atomic E-state index is 12.5. The zero-order valence-electron chi connectivity index (χ0n) is 17.6. The van der Waals surface area contributed by atoms with Gasteiger partial charge in [0.15, 0.2) is 0 Å². The highest BCUT2D eigenvalue weighted by molar-refractivity contribution is 7.89. The number of hydrogen-bond acceptors (Lipinski definition) is 5. The number of aryl methyl sites for hydroxylation is 2. The van der Waals surface area contributed by atoms with Crippen molar-refractivity contribution in [2.24, 2.45) is 0 Å². The molecule has 1 N–H and O–H groups in total. The number of sulfonamides is 1. The third-order valence-corrected chi connectivity index (χ3v) is 6.74. The first kappa shape index (κ1) is 22.0. The summed E-state index contributed by atoms with van der Waals surface area (Å²) in [5, 5.41) is 2.84. The Morgan fingerprint density at radius 3 is 2.73 bits per heavy atom. The molecular formula is C21H28N4O4S. The molecule has 0 radical (unpaired) electrons. The molecule has 1 aromatic carbocycles. The fourth-order valence-electron chi connectivity index (χ4n) is 3.20. The van der Waals surface area contributed by atoms with Crippen molar-refractivity contribution in [3.05, 3.63) is 48.2 Å². The molecule has 0 atom stereocenters. The van der Waals surface area contributed by atoms with Crippen LogP contribution in [-0.4, -0.2) is 42.3 Å². The van der Waals surface area contributed by atoms with Crippen LogP contribution < -0.4 is 5.32 Å². The number of rotatable bonds is 10. The van der Waals surface area contributed by atoms with Gasteiger partial charge in [-0.2, -0.15) is 0 Å². The van der Waals surface area contributed by atoms with E-state index >= 15 is 0 Å². The van der Waals surface area contributed by atoms with E-state index in [1.807, 2.05) is 6.07 Å². The molecule has 162 valence electrons. The van der Waals surface area contributed by atoms with Crippen molar-refractivity contribution in [2.45, 2.75) is 50.6 Å². The Morgan fingerprint density at radius 2 is 2.07 bits per heavy atom. The van der Waals surface area contributed by atoms with Gasteiger partial charge in [-0.25, -0.2) is 17.7 Å². The first-order chi connectivity index (χ1) is 14.3. The zero-order valence-corrected chi connectivity index (χ0v) is 18.4. The minimum Gasteiger partial charge on any atom is -0.467 e. The number of hydrogen-bond donors (Lipinski definition) is 1. The van der Waals surface area contributed by atoms with E-state index in [4.69, 9.17) is 4.42 Å². The summed E-state index contributed by atoms with van der Waals surface area (Å²) in [4.78, 5) is 17.1. The van der Waals surface area contributed by atoms with Crippen LogP contribution in [0.5, 0.6) is 0 Å². The predicted octanol–water partition coefficient (Wildman–Crippen LogP) is 2.93. The summed E-state index contributed by atoms with van der Waals surface area (Å²) in [6, 6.07) is 8.61. The van der Waals surface area contributed by atoms with Gasteiger partial charge < -0.3 is 14.3 Å². The van der Waals surface area contributed by atoms with Crippen molar-refractivity contribution in [1.82, 2.24) is 19.2 Å². The average molecular weight is 433 g/mol. The number of aromatic nitrogens is 2. The standard InChI is InChI=1S/C21H28N4O4S/c1-4-5-12-25-19-9-8-17(30(27,28)24(2)3)14-18(19)23-20(25)10-11-21(26)22-15-16-7-6-13-29-16/h6-9,13-14H,4-5,10-12,15H2,1-3H3,(H,22,26). The summed E-state index contributed by atoms with van der Waals surface area (Å²) in [6.45, 7) is 3.24. The minimum atomic E-state index is -3.53. The van der Waals surface area contributed by atoms with E-state index in [0.29, 0.717) is 30.7 Å². The van der Waals surface area contributed by atoms with Crippen LogP contribution in [0.3, 0.4) is 0 Å². The van der Waals surface area contributed by atoms with Crippen molar-refractivity contribution >= 4 is 27.0 Å². The van der Waals surface area contributed by atoms with E-state index in [1.165, 1.54) is 18.4 Å². The van der Waals surface area contributed by atoms with Gasteiger partial charge in [0.25, 0.3) is 0 Å². The second kappa shape index (κ2) is 9.44. The van der Waals surface area contributed by atoms with Crippen LogP contribution in [0, 0.1) is 0 Å². The zero-order chi connectivity index (χ0) is 21.7. The summed E-state index contributed by atoms with van der Waals surface area (Å²) in [6.07, 6.45) is 4.33. The van der Waals surface area contributed by atoms with Gasteiger partial charge in [0.1, 0.15) is 11.6 Å². The fraction of sp³-hybridized carbons (Fsp3) is 0.429. The molecule has 0 fully saturated rings. The number of carbonyl (C=O) groups is 1. The van der Waals surface area contributed by atoms with Crippen molar-refractivity contribution in [3.8, 4) is 0 Å². The lowest BCUT2D eigenvalue weighted by molar-refractivity contribution is -0.121. The molecule has 0 aliphatic rings. The number of nitrogens with one attached hydrogen (secondary N) is 1. The molecule has 0 aliphatic carbocycles. The Morgan fingerprint density at radius 1 is 1.27 bits per heavy atom. The molecule has 0 aliphatic heterocycles. The molecule has 0 saturated carbocycles. The van der Waals surface area contributed by atoms with Crippen LogP contribution in [0.1, 0.15) is 37.8 Å². The first-order valence-electron chi connectivity index (χ1n) is 10.0. The first-order valence-corrected chi connectivity index (χ1v) is 11.5. The van der Waals surface area contributed by atoms with Crippen LogP contribution in [0.15, 0.2) is 45.9 Å². The topological polar surface area (TPSA) is 97.4 Å². The van der Waals surface area contributed by atoms with E-state index in [-0.39, 0.29) is 10.8 Å². The van der Waals surface area contributed by atoms with E-state index in [9.17, 15) is 13.2 Å². The van der Waals surface area contributed by atoms with Crippen LogP contribution >= 0.6 is 0 Å². The lowest BCUT2D eigenvalue weighted by Crippen LogP contribution is -2.23. The molecule has 0 spiro atoms. The molecule has 0 saturated heterocycles. The number of carbonyl (C=O) groups excluding carboxylic acids is 1. The van der Waals surface area contributed by atoms with Gasteiger partial charge in [-0.15, -0.1) is 0 Å². The molecule has 30 heavy (non-hydrogen) atoms. The number of fused-ring (bicyclic) bond motifs is 1. The lowest BCUT2D eigenvalue weighted by atomic mass is 10.2. The Bertz CT molecular complexity index is 1100. The van der Waals surface area contributed by atoms with E-state index in [0.717, 1.165) is 30.7 Å². The normalized spacial score (nSPS) is 12.0. The summed E-state index contributed by atoms with van der Waals surface area (Å²) >= 11 is 0. The van der Waals surface area contributed by atoms with Gasteiger partial charge in [0, 0.05) is 33.5 Å². The Hall–Kier alpha value is -2.65. The quantitative estimate of drug-likeness (QED) is 0.531. The predicted molar refractivity (Wildman–Crippen MR) is 114 cm³/mol. The van der Waals surface area contributed by atoms with Gasteiger partial charge >= 0.3 is 0 Å². The van der Waals surface area contributed by atoms with E-state index in [1.54, 1.807) is 30.5 Å². The lowest BCUT2D eigenvalue weighted by Gasteiger charge is -2.11. The van der Waals surface area contributed by atoms with Crippen molar-refractivity contribution in [1.29, 1.82) is 0 Å². The van der Waals surface area contributed by atoms with Gasteiger partial charge in [-0.05, 0) is 36.8 Å². The van der Waals surface area contributed by atoms with E-state index < -0.39 is 10.0 Å². The maximum Gasteiger partial charge on any atom is 0.242 e. The molecule has 9 heteroatoms. The molecular weight excluding hydrogens is 404 g/mol. The highest BCUT2D eigenvalue weighted by Crippen LogP contribution is 2.23. The van der Waals surface area contributed by atoms with Crippen LogP contribution in [-0.2, 0) is 34.3 Å². The maximum atomic E-state index is 12.5. The molecule has 2 aromatic heterocycles. The second-order valence-corrected chi connectivity index (χ2v) is 9.48. The van der Waals surface area contributed by atoms with Gasteiger partial charge in [-0.1, -0.05) is 13.3 Å². The van der Waals surface area contributed by atoms with Gasteiger partial charge in [0.2, 0.25) is 15.9 Å². The Kier molecular flexibility index (Phi) is 6.94. The molecule has 0 unspecified atom stereocenters. The van der Waals surface area contributed by atoms with Crippen molar-refractivity contribution < 1.29 is 17.6 Å². The summed E-state index contributed by atoms with van der Waals surface area (Å²) in [5.74, 6) is 1.40. The molecule has 3 aromatic rings. The second-order valence-electron chi connectivity index (χ2n) is 7.33. The number of furan rings is 1. The third kappa shape index (κ3) is 4.91. The molecule has 8 nitrogen and oxygen atoms in total. The summed E-state index contributed by atoms with van der Waals surface area (Å²) in [5.41, 5.74) is 1.51. The monoisotopic (exact) mass is 432 g/mol. The fourth-order valence-corrected chi connectivity index (χ4v) is 4.12. The van der Waals surface area contributed by atoms with Crippen LogP contribution in [0.25, 0.3) is 11.0 Å². The molecule has 1 amide bonds. The smallest absolute Gasteiger partial charge is 0.242 e. The molecule has 3 rings (SSSR count). The number of nitrogens with zero attached hydrogens (tertiary/aromatic N) is 3. The molecule has 2 heterocycles. The number of benzene rings is 1. The highest BCUT2D eigenvalue weighted by atomic mass is 32.2. The number of imidazole rings is 1. The summed E-state index contributed by atoms with van der Waals surface area (Å²) in [7, 11) is -0.520. The third-order valence-electron chi connectivity index (χ3n) is 4.93. The van der Waals surface area contributed by atoms with E-state index in [2.05, 4.69) is 21.8 Å². The minimum absolute atomic E-state index is 0.0867. The van der Waals surface area contributed by atoms with Crippen LogP contribution in [0.2, 0.25) is 0 Å². The average Bonchev–Trinajstić information content (AvgIpc) is 3.36. The number of amides is 1. The number of unbranched alkanes of at least 4 members (excludes halogenated alkanes) is 1. The van der Waals surface area contributed by atoms with Gasteiger partial charge in [-0.3, -0.25) is 4.79 Å². The summed E-state index contributed by atoms with van der Waals surface area (Å²) < 4.78 is 33.4. The molecule has 0 bridgehead atoms. The SMILES string of the molecule is CCCCn1c(CCC(=O)NCc2ccco2)nc2cc(S(=O)(=O)N(C)C)ccc21. The van der Waals surface area contributed by atoms with Gasteiger partial charge in [0.05, 0.1) is 28.7 Å². The Balaban J connectivity index is 1.80. The van der Waals surface area contributed by atoms with Crippen molar-refractivity contribution in [3.63, 3.8) is 0 Å². The van der Waals surface area contributed by atoms with Crippen LogP contribution in [0.4, 0.5) is 0 Å². The Labute approximate surface area is 176 Å². The highest BCUT2D eigenvalue weighted by Gasteiger charge is 2.20.